The van der Waals surface area contributed by atoms with Gasteiger partial charge in [-0.15, -0.1) is 4.83 Å². The van der Waals surface area contributed by atoms with Crippen molar-refractivity contribution in [1.29, 1.82) is 0 Å². The molecule has 1 aliphatic rings. The van der Waals surface area contributed by atoms with E-state index in [4.69, 9.17) is 23.8 Å². The van der Waals surface area contributed by atoms with Crippen LogP contribution < -0.4 is 4.83 Å². The van der Waals surface area contributed by atoms with Crippen LogP contribution in [-0.4, -0.2) is 23.7 Å². The minimum atomic E-state index is -4.16. The standard InChI is InChI=1S/C16H8ClF3N2O3S3/c17-9-1-3-10(4-2-9)28(24,25)21-22-15(23)14(27-16(22)26)6-8-5-12(19)13(20)7-11(8)18/h1-7,21H/b14-6+. The van der Waals surface area contributed by atoms with Gasteiger partial charge in [0.2, 0.25) is 0 Å². The summed E-state index contributed by atoms with van der Waals surface area (Å²) in [5.41, 5.74) is -0.389. The minimum Gasteiger partial charge on any atom is -0.267 e. The van der Waals surface area contributed by atoms with Crippen molar-refractivity contribution >= 4 is 61.9 Å². The zero-order valence-electron chi connectivity index (χ0n) is 13.5. The Labute approximate surface area is 172 Å². The zero-order valence-corrected chi connectivity index (χ0v) is 16.7. The van der Waals surface area contributed by atoms with Gasteiger partial charge in [-0.05, 0) is 36.4 Å². The van der Waals surface area contributed by atoms with E-state index in [1.54, 1.807) is 0 Å². The summed E-state index contributed by atoms with van der Waals surface area (Å²) in [4.78, 5) is 14.1. The van der Waals surface area contributed by atoms with E-state index in [2.05, 4.69) is 0 Å². The molecule has 5 nitrogen and oxygen atoms in total. The number of thiocarbonyl (C=S) groups is 1. The van der Waals surface area contributed by atoms with Crippen LogP contribution in [0.5, 0.6) is 0 Å². The molecule has 1 aliphatic heterocycles. The van der Waals surface area contributed by atoms with Crippen LogP contribution in [-0.2, 0) is 14.8 Å². The number of hydrogen-bond donors (Lipinski definition) is 1. The van der Waals surface area contributed by atoms with Crippen molar-refractivity contribution in [3.63, 3.8) is 0 Å². The van der Waals surface area contributed by atoms with E-state index < -0.39 is 33.4 Å². The highest BCUT2D eigenvalue weighted by Gasteiger charge is 2.35. The van der Waals surface area contributed by atoms with Gasteiger partial charge in [0.25, 0.3) is 15.9 Å². The van der Waals surface area contributed by atoms with Gasteiger partial charge in [0.1, 0.15) is 5.82 Å². The molecule has 0 spiro atoms. The van der Waals surface area contributed by atoms with E-state index in [1.807, 2.05) is 4.83 Å². The van der Waals surface area contributed by atoms with E-state index in [0.717, 1.165) is 6.08 Å². The molecule has 0 aliphatic carbocycles. The molecule has 0 unspecified atom stereocenters. The van der Waals surface area contributed by atoms with E-state index >= 15 is 0 Å². The predicted octanol–water partition coefficient (Wildman–Crippen LogP) is 3.85. The van der Waals surface area contributed by atoms with Gasteiger partial charge < -0.3 is 0 Å². The first-order valence-corrected chi connectivity index (χ1v) is 10.4. The van der Waals surface area contributed by atoms with Crippen molar-refractivity contribution in [2.45, 2.75) is 4.90 Å². The van der Waals surface area contributed by atoms with Gasteiger partial charge in [-0.3, -0.25) is 4.79 Å². The Morgan fingerprint density at radius 1 is 1.07 bits per heavy atom. The Bertz CT molecular complexity index is 1120. The molecule has 1 amide bonds. The van der Waals surface area contributed by atoms with Gasteiger partial charge in [-0.2, -0.15) is 0 Å². The summed E-state index contributed by atoms with van der Waals surface area (Å²) in [7, 11) is -4.16. The molecule has 2 aromatic carbocycles. The van der Waals surface area contributed by atoms with Crippen molar-refractivity contribution in [1.82, 2.24) is 9.84 Å². The Morgan fingerprint density at radius 2 is 1.68 bits per heavy atom. The zero-order chi connectivity index (χ0) is 20.6. The summed E-state index contributed by atoms with van der Waals surface area (Å²) in [6.45, 7) is 0. The molecule has 0 aromatic heterocycles. The fraction of sp³-hybridized carbons (Fsp3) is 0. The summed E-state index contributed by atoms with van der Waals surface area (Å²) in [6.07, 6.45) is 0.952. The SMILES string of the molecule is O=C1/C(=C\c2cc(F)c(F)cc2F)SC(=S)N1NS(=O)(=O)c1ccc(Cl)cc1. The number of sulfonamides is 1. The molecule has 0 atom stereocenters. The van der Waals surface area contributed by atoms with Crippen molar-refractivity contribution in [2.24, 2.45) is 0 Å². The molecule has 0 saturated carbocycles. The molecule has 1 saturated heterocycles. The Hall–Kier alpha value is -1.92. The van der Waals surface area contributed by atoms with Crippen LogP contribution in [0.2, 0.25) is 5.02 Å². The maximum atomic E-state index is 13.8. The number of thioether (sulfide) groups is 1. The fourth-order valence-electron chi connectivity index (χ4n) is 2.12. The number of benzene rings is 2. The molecule has 3 rings (SSSR count). The summed E-state index contributed by atoms with van der Waals surface area (Å²) in [6, 6.07) is 6.09. The highest BCUT2D eigenvalue weighted by atomic mass is 35.5. The van der Waals surface area contributed by atoms with Gasteiger partial charge >= 0.3 is 0 Å². The minimum absolute atomic E-state index is 0.165. The van der Waals surface area contributed by atoms with Gasteiger partial charge in [-0.1, -0.05) is 35.6 Å². The first kappa shape index (κ1) is 20.8. The topological polar surface area (TPSA) is 66.5 Å². The van der Waals surface area contributed by atoms with Gasteiger partial charge in [-0.25, -0.2) is 26.6 Å². The second-order valence-electron chi connectivity index (χ2n) is 5.35. The summed E-state index contributed by atoms with van der Waals surface area (Å²) >= 11 is 11.4. The van der Waals surface area contributed by atoms with Crippen LogP contribution >= 0.6 is 35.6 Å². The average Bonchev–Trinajstić information content (AvgIpc) is 2.87. The number of nitrogens with zero attached hydrogens (tertiary/aromatic N) is 1. The first-order chi connectivity index (χ1) is 13.1. The van der Waals surface area contributed by atoms with Crippen LogP contribution in [0.15, 0.2) is 46.2 Å². The normalized spacial score (nSPS) is 16.3. The number of hydrazine groups is 1. The fourth-order valence-corrected chi connectivity index (χ4v) is 4.55. The molecule has 0 radical (unpaired) electrons. The third-order valence-corrected chi connectivity index (χ3v) is 6.33. The Morgan fingerprint density at radius 3 is 2.32 bits per heavy atom. The lowest BCUT2D eigenvalue weighted by Crippen LogP contribution is -2.44. The molecular weight excluding hydrogens is 457 g/mol. The number of carbonyl (C=O) groups is 1. The van der Waals surface area contributed by atoms with Crippen LogP contribution in [0.1, 0.15) is 5.56 Å². The molecule has 28 heavy (non-hydrogen) atoms. The van der Waals surface area contributed by atoms with Crippen molar-refractivity contribution in [3.8, 4) is 0 Å². The van der Waals surface area contributed by atoms with E-state index in [9.17, 15) is 26.4 Å². The lowest BCUT2D eigenvalue weighted by atomic mass is 10.2. The molecule has 2 aromatic rings. The highest BCUT2D eigenvalue weighted by molar-refractivity contribution is 8.26. The second kappa shape index (κ2) is 7.84. The van der Waals surface area contributed by atoms with Crippen LogP contribution in [0.3, 0.4) is 0 Å². The number of hydrogen-bond acceptors (Lipinski definition) is 5. The molecule has 0 bridgehead atoms. The maximum Gasteiger partial charge on any atom is 0.281 e. The van der Waals surface area contributed by atoms with Crippen LogP contribution in [0, 0.1) is 17.5 Å². The molecular formula is C16H8ClF3N2O3S3. The van der Waals surface area contributed by atoms with E-state index in [1.165, 1.54) is 24.3 Å². The number of nitrogens with one attached hydrogen (secondary N) is 1. The Balaban J connectivity index is 1.88. The summed E-state index contributed by atoms with van der Waals surface area (Å²) in [5.74, 6) is -4.66. The predicted molar refractivity (Wildman–Crippen MR) is 103 cm³/mol. The van der Waals surface area contributed by atoms with Crippen molar-refractivity contribution in [2.75, 3.05) is 0 Å². The Kier molecular flexibility index (Phi) is 5.82. The molecule has 146 valence electrons. The lowest BCUT2D eigenvalue weighted by molar-refractivity contribution is -0.123. The summed E-state index contributed by atoms with van der Waals surface area (Å²) in [5, 5.41) is 0.911. The molecule has 12 heteroatoms. The first-order valence-electron chi connectivity index (χ1n) is 7.29. The van der Waals surface area contributed by atoms with Gasteiger partial charge in [0.05, 0.1) is 9.80 Å². The van der Waals surface area contributed by atoms with Crippen LogP contribution in [0.25, 0.3) is 6.08 Å². The number of carbonyl (C=O) groups excluding carboxylic acids is 1. The lowest BCUT2D eigenvalue weighted by Gasteiger charge is -2.15. The number of amides is 1. The smallest absolute Gasteiger partial charge is 0.267 e. The third kappa shape index (κ3) is 4.23. The number of rotatable bonds is 4. The largest absolute Gasteiger partial charge is 0.281 e. The van der Waals surface area contributed by atoms with Crippen molar-refractivity contribution in [3.05, 3.63) is 69.3 Å². The summed E-state index contributed by atoms with van der Waals surface area (Å²) < 4.78 is 64.8. The average molecular weight is 465 g/mol. The van der Waals surface area contributed by atoms with Gasteiger partial charge in [0, 0.05) is 16.7 Å². The third-order valence-electron chi connectivity index (χ3n) is 3.46. The van der Waals surface area contributed by atoms with Crippen LogP contribution in [0.4, 0.5) is 13.2 Å². The quantitative estimate of drug-likeness (QED) is 0.423. The molecule has 1 heterocycles. The van der Waals surface area contributed by atoms with Crippen molar-refractivity contribution < 1.29 is 26.4 Å². The highest BCUT2D eigenvalue weighted by Crippen LogP contribution is 2.32. The molecule has 1 fully saturated rings. The van der Waals surface area contributed by atoms with Gasteiger partial charge in [0.15, 0.2) is 16.0 Å². The second-order valence-corrected chi connectivity index (χ2v) is 9.13. The monoisotopic (exact) mass is 464 g/mol. The maximum absolute atomic E-state index is 13.8. The molecule has 1 N–H and O–H groups in total. The van der Waals surface area contributed by atoms with E-state index in [-0.39, 0.29) is 19.7 Å². The van der Waals surface area contributed by atoms with E-state index in [0.29, 0.717) is 33.9 Å². The number of halogens is 4.